The number of ether oxygens (including phenoxy) is 1. The van der Waals surface area contributed by atoms with Crippen LogP contribution >= 0.6 is 0 Å². The molecule has 0 radical (unpaired) electrons. The molecule has 3 nitrogen and oxygen atoms in total. The van der Waals surface area contributed by atoms with Crippen molar-refractivity contribution in [3.63, 3.8) is 0 Å². The summed E-state index contributed by atoms with van der Waals surface area (Å²) in [5.74, 6) is 1.05. The molecule has 0 saturated heterocycles. The number of carbonyl (C=O) groups is 1. The van der Waals surface area contributed by atoms with Gasteiger partial charge in [0.15, 0.2) is 0 Å². The number of esters is 1. The third-order valence-corrected chi connectivity index (χ3v) is 3.95. The molecule has 2 atom stereocenters. The van der Waals surface area contributed by atoms with E-state index in [0.717, 1.165) is 12.8 Å². The topological polar surface area (TPSA) is 50.2 Å². The third-order valence-electron chi connectivity index (χ3n) is 3.95. The van der Waals surface area contributed by atoms with Crippen LogP contribution in [-0.4, -0.2) is 19.3 Å². The van der Waals surface area contributed by atoms with Crippen molar-refractivity contribution in [1.82, 2.24) is 0 Å². The summed E-state index contributed by atoms with van der Waals surface area (Å²) in [4.78, 5) is 11.6. The lowest BCUT2D eigenvalue weighted by molar-refractivity contribution is -0.153. The molecule has 0 aliphatic heterocycles. The first kappa shape index (κ1) is 9.69. The highest BCUT2D eigenvalue weighted by molar-refractivity contribution is 5.78. The molecule has 0 aromatic carbocycles. The predicted octanol–water partition coefficient (Wildman–Crippen LogP) is 1.86. The van der Waals surface area contributed by atoms with Crippen LogP contribution < -0.4 is 0 Å². The van der Waals surface area contributed by atoms with Crippen LogP contribution in [0, 0.1) is 29.1 Å². The Morgan fingerprint density at radius 1 is 1.29 bits per heavy atom. The summed E-state index contributed by atoms with van der Waals surface area (Å²) in [5, 5.41) is 7.42. The Labute approximate surface area is 84.3 Å². The third kappa shape index (κ3) is 1.35. The Morgan fingerprint density at radius 3 is 2.36 bits per heavy atom. The fraction of sp³-hybridized carbons (Fsp3) is 0.818. The van der Waals surface area contributed by atoms with Gasteiger partial charge in [0.1, 0.15) is 0 Å². The Bertz CT molecular complexity index is 244. The number of nitrogens with one attached hydrogen (secondary N) is 1. The van der Waals surface area contributed by atoms with Crippen LogP contribution in [0.1, 0.15) is 25.7 Å². The Morgan fingerprint density at radius 2 is 1.86 bits per heavy atom. The van der Waals surface area contributed by atoms with Crippen molar-refractivity contribution in [3.8, 4) is 0 Å². The highest BCUT2D eigenvalue weighted by atomic mass is 16.5. The summed E-state index contributed by atoms with van der Waals surface area (Å²) in [7, 11) is 1.45. The second-order valence-corrected chi connectivity index (χ2v) is 4.47. The van der Waals surface area contributed by atoms with Gasteiger partial charge in [0.05, 0.1) is 13.0 Å². The van der Waals surface area contributed by atoms with Crippen molar-refractivity contribution in [2.24, 2.45) is 23.7 Å². The SMILES string of the molecule is COC(=O)C1C2CCC(CC2)C1C=N. The van der Waals surface area contributed by atoms with Gasteiger partial charge in [0, 0.05) is 5.92 Å². The van der Waals surface area contributed by atoms with Crippen molar-refractivity contribution in [3.05, 3.63) is 0 Å². The van der Waals surface area contributed by atoms with E-state index in [1.807, 2.05) is 0 Å². The van der Waals surface area contributed by atoms with E-state index < -0.39 is 0 Å². The number of hydrogen-bond donors (Lipinski definition) is 1. The van der Waals surface area contributed by atoms with E-state index in [2.05, 4.69) is 0 Å². The average molecular weight is 195 g/mol. The molecule has 0 spiro atoms. The zero-order valence-corrected chi connectivity index (χ0v) is 8.53. The van der Waals surface area contributed by atoms with Crippen molar-refractivity contribution in [1.29, 1.82) is 5.41 Å². The molecule has 0 aromatic rings. The number of hydrogen-bond acceptors (Lipinski definition) is 3. The van der Waals surface area contributed by atoms with Crippen LogP contribution in [-0.2, 0) is 9.53 Å². The summed E-state index contributed by atoms with van der Waals surface area (Å²) in [6.07, 6.45) is 6.15. The molecule has 3 saturated carbocycles. The highest BCUT2D eigenvalue weighted by Crippen LogP contribution is 2.48. The second-order valence-electron chi connectivity index (χ2n) is 4.47. The molecule has 0 aromatic heterocycles. The fourth-order valence-corrected chi connectivity index (χ4v) is 3.22. The molecule has 3 fully saturated rings. The van der Waals surface area contributed by atoms with Gasteiger partial charge >= 0.3 is 5.97 Å². The standard InChI is InChI=1S/C11H17NO2/c1-14-11(13)10-8-4-2-7(3-5-8)9(10)6-12/h6-10,12H,2-5H2,1H3. The molecule has 3 heteroatoms. The lowest BCUT2D eigenvalue weighted by atomic mass is 9.59. The molecule has 2 bridgehead atoms. The van der Waals surface area contributed by atoms with Gasteiger partial charge in [-0.3, -0.25) is 4.79 Å². The summed E-state index contributed by atoms with van der Waals surface area (Å²) in [6.45, 7) is 0. The van der Waals surface area contributed by atoms with Gasteiger partial charge in [-0.2, -0.15) is 0 Å². The van der Waals surface area contributed by atoms with Crippen molar-refractivity contribution < 1.29 is 9.53 Å². The zero-order chi connectivity index (χ0) is 10.1. The first-order chi connectivity index (χ1) is 6.77. The van der Waals surface area contributed by atoms with Crippen molar-refractivity contribution in [2.45, 2.75) is 25.7 Å². The van der Waals surface area contributed by atoms with Crippen LogP contribution in [0.4, 0.5) is 0 Å². The quantitative estimate of drug-likeness (QED) is 0.540. The van der Waals surface area contributed by atoms with Crippen LogP contribution in [0.2, 0.25) is 0 Å². The molecule has 3 aliphatic rings. The van der Waals surface area contributed by atoms with E-state index in [9.17, 15) is 4.79 Å². The maximum absolute atomic E-state index is 11.6. The van der Waals surface area contributed by atoms with E-state index in [0.29, 0.717) is 11.8 Å². The lowest BCUT2D eigenvalue weighted by Crippen LogP contribution is -2.45. The van der Waals surface area contributed by atoms with Gasteiger partial charge in [-0.15, -0.1) is 0 Å². The molecule has 3 aliphatic carbocycles. The van der Waals surface area contributed by atoms with Crippen LogP contribution in [0.15, 0.2) is 0 Å². The number of carbonyl (C=O) groups excluding carboxylic acids is 1. The largest absolute Gasteiger partial charge is 0.469 e. The molecule has 78 valence electrons. The van der Waals surface area contributed by atoms with Crippen molar-refractivity contribution >= 4 is 12.2 Å². The summed E-state index contributed by atoms with van der Waals surface area (Å²) >= 11 is 0. The van der Waals surface area contributed by atoms with Gasteiger partial charge < -0.3 is 10.1 Å². The Kier molecular flexibility index (Phi) is 2.57. The fourth-order valence-electron chi connectivity index (χ4n) is 3.22. The molecule has 0 heterocycles. The van der Waals surface area contributed by atoms with E-state index in [1.165, 1.54) is 26.2 Å². The van der Waals surface area contributed by atoms with Gasteiger partial charge in [0.25, 0.3) is 0 Å². The molecule has 3 rings (SSSR count). The number of rotatable bonds is 2. The first-order valence-corrected chi connectivity index (χ1v) is 5.36. The van der Waals surface area contributed by atoms with E-state index in [-0.39, 0.29) is 17.8 Å². The van der Waals surface area contributed by atoms with E-state index in [4.69, 9.17) is 10.1 Å². The maximum Gasteiger partial charge on any atom is 0.309 e. The minimum Gasteiger partial charge on any atom is -0.469 e. The molecule has 1 N–H and O–H groups in total. The second kappa shape index (κ2) is 3.71. The van der Waals surface area contributed by atoms with Gasteiger partial charge in [0.2, 0.25) is 0 Å². The highest BCUT2D eigenvalue weighted by Gasteiger charge is 2.46. The van der Waals surface area contributed by atoms with Crippen LogP contribution in [0.3, 0.4) is 0 Å². The summed E-state index contributed by atoms with van der Waals surface area (Å²) in [6, 6.07) is 0. The van der Waals surface area contributed by atoms with Gasteiger partial charge in [-0.25, -0.2) is 0 Å². The zero-order valence-electron chi connectivity index (χ0n) is 8.53. The summed E-state index contributed by atoms with van der Waals surface area (Å²) < 4.78 is 4.83. The van der Waals surface area contributed by atoms with E-state index in [1.54, 1.807) is 0 Å². The normalized spacial score (nSPS) is 40.6. The average Bonchev–Trinajstić information content (AvgIpc) is 2.28. The monoisotopic (exact) mass is 195 g/mol. The van der Waals surface area contributed by atoms with Crippen LogP contribution in [0.25, 0.3) is 0 Å². The van der Waals surface area contributed by atoms with Gasteiger partial charge in [-0.1, -0.05) is 0 Å². The van der Waals surface area contributed by atoms with Crippen LogP contribution in [0.5, 0.6) is 0 Å². The van der Waals surface area contributed by atoms with E-state index >= 15 is 0 Å². The maximum atomic E-state index is 11.6. The Hall–Kier alpha value is -0.860. The molecular formula is C11H17NO2. The molecule has 0 amide bonds. The Balaban J connectivity index is 2.20. The van der Waals surface area contributed by atoms with Gasteiger partial charge in [-0.05, 0) is 43.7 Å². The lowest BCUT2D eigenvalue weighted by Gasteiger charge is -2.45. The molecule has 2 unspecified atom stereocenters. The molecule has 14 heavy (non-hydrogen) atoms. The number of methoxy groups -OCH3 is 1. The number of fused-ring (bicyclic) bond motifs is 3. The molecular weight excluding hydrogens is 178 g/mol. The smallest absolute Gasteiger partial charge is 0.309 e. The first-order valence-electron chi connectivity index (χ1n) is 5.36. The van der Waals surface area contributed by atoms with Crippen molar-refractivity contribution in [2.75, 3.05) is 7.11 Å². The summed E-state index contributed by atoms with van der Waals surface area (Å²) in [5.41, 5.74) is 0. The minimum atomic E-state index is -0.104. The minimum absolute atomic E-state index is 0.0231. The predicted molar refractivity (Wildman–Crippen MR) is 53.2 cm³/mol.